The molecular weight excluding hydrogens is 210 g/mol. The first kappa shape index (κ1) is 12.7. The molecule has 1 saturated heterocycles. The molecule has 0 aromatic carbocycles. The van der Waals surface area contributed by atoms with Crippen LogP contribution in [0, 0.1) is 11.8 Å². The molecule has 90 valence electrons. The fourth-order valence-electron chi connectivity index (χ4n) is 1.64. The summed E-state index contributed by atoms with van der Waals surface area (Å²) in [5, 5.41) is 0.596. The molecule has 1 heterocycles. The Balaban J connectivity index is 2.50. The average Bonchev–Trinajstić information content (AvgIpc) is 2.48. The van der Waals surface area contributed by atoms with E-state index in [0.29, 0.717) is 17.4 Å². The quantitative estimate of drug-likeness (QED) is 0.678. The van der Waals surface area contributed by atoms with E-state index in [4.69, 9.17) is 4.84 Å². The number of hydrogen-bond donors (Lipinski definition) is 0. The Kier molecular flexibility index (Phi) is 4.04. The van der Waals surface area contributed by atoms with E-state index < -0.39 is 17.8 Å². The number of rotatable bonds is 4. The Hall–Kier alpha value is -1.39. The van der Waals surface area contributed by atoms with Gasteiger partial charge in [0.05, 0.1) is 5.92 Å². The van der Waals surface area contributed by atoms with Crippen LogP contribution >= 0.6 is 0 Å². The third-order valence-electron chi connectivity index (χ3n) is 2.41. The van der Waals surface area contributed by atoms with E-state index in [1.807, 2.05) is 13.8 Å². The zero-order valence-corrected chi connectivity index (χ0v) is 9.86. The van der Waals surface area contributed by atoms with Crippen LogP contribution in [-0.2, 0) is 19.2 Å². The van der Waals surface area contributed by atoms with E-state index in [9.17, 15) is 14.4 Å². The van der Waals surface area contributed by atoms with Crippen LogP contribution < -0.4 is 0 Å². The van der Waals surface area contributed by atoms with Gasteiger partial charge in [0, 0.05) is 12.8 Å². The molecule has 2 amide bonds. The molecule has 1 aliphatic rings. The number of nitrogens with zero attached hydrogens (tertiary/aromatic N) is 1. The van der Waals surface area contributed by atoms with Crippen molar-refractivity contribution in [1.82, 2.24) is 5.06 Å². The minimum Gasteiger partial charge on any atom is -0.330 e. The zero-order chi connectivity index (χ0) is 12.3. The molecule has 0 radical (unpaired) electrons. The molecular formula is C11H17NO4. The van der Waals surface area contributed by atoms with E-state index >= 15 is 0 Å². The van der Waals surface area contributed by atoms with Crippen molar-refractivity contribution in [3.63, 3.8) is 0 Å². The predicted octanol–water partition coefficient (Wildman–Crippen LogP) is 1.28. The highest BCUT2D eigenvalue weighted by Gasteiger charge is 2.33. The number of hydrogen-bond acceptors (Lipinski definition) is 4. The molecule has 0 bridgehead atoms. The molecule has 1 rings (SSSR count). The third-order valence-corrected chi connectivity index (χ3v) is 2.41. The van der Waals surface area contributed by atoms with Crippen molar-refractivity contribution >= 4 is 17.8 Å². The Morgan fingerprint density at radius 3 is 2.19 bits per heavy atom. The van der Waals surface area contributed by atoms with E-state index in [0.717, 1.165) is 0 Å². The van der Waals surface area contributed by atoms with Gasteiger partial charge in [-0.1, -0.05) is 20.8 Å². The monoisotopic (exact) mass is 227 g/mol. The van der Waals surface area contributed by atoms with Crippen molar-refractivity contribution in [2.45, 2.75) is 40.0 Å². The molecule has 0 spiro atoms. The summed E-state index contributed by atoms with van der Waals surface area (Å²) in [6.07, 6.45) is 0.935. The first-order valence-electron chi connectivity index (χ1n) is 5.49. The highest BCUT2D eigenvalue weighted by Crippen LogP contribution is 2.17. The second-order valence-corrected chi connectivity index (χ2v) is 4.52. The summed E-state index contributed by atoms with van der Waals surface area (Å²) in [5.41, 5.74) is 0. The van der Waals surface area contributed by atoms with Crippen LogP contribution in [0.4, 0.5) is 0 Å². The Labute approximate surface area is 94.7 Å². The summed E-state index contributed by atoms with van der Waals surface area (Å²) in [5.74, 6) is -1.32. The topological polar surface area (TPSA) is 63.7 Å². The van der Waals surface area contributed by atoms with Crippen molar-refractivity contribution in [2.24, 2.45) is 11.8 Å². The maximum absolute atomic E-state index is 11.6. The molecule has 1 fully saturated rings. The van der Waals surface area contributed by atoms with Crippen molar-refractivity contribution in [2.75, 3.05) is 0 Å². The van der Waals surface area contributed by atoms with Crippen LogP contribution in [0.5, 0.6) is 0 Å². The van der Waals surface area contributed by atoms with Gasteiger partial charge < -0.3 is 4.84 Å². The average molecular weight is 227 g/mol. The maximum Gasteiger partial charge on any atom is 0.335 e. The largest absolute Gasteiger partial charge is 0.335 e. The van der Waals surface area contributed by atoms with Crippen LogP contribution in [0.3, 0.4) is 0 Å². The summed E-state index contributed by atoms with van der Waals surface area (Å²) in [7, 11) is 0. The smallest absolute Gasteiger partial charge is 0.330 e. The van der Waals surface area contributed by atoms with E-state index in [1.54, 1.807) is 6.92 Å². The Bertz CT molecular complexity index is 295. The lowest BCUT2D eigenvalue weighted by Gasteiger charge is -2.17. The molecule has 0 aliphatic carbocycles. The molecule has 1 aliphatic heterocycles. The second-order valence-electron chi connectivity index (χ2n) is 4.52. The second kappa shape index (κ2) is 5.09. The summed E-state index contributed by atoms with van der Waals surface area (Å²) < 4.78 is 0. The van der Waals surface area contributed by atoms with Crippen LogP contribution in [0.1, 0.15) is 40.0 Å². The van der Waals surface area contributed by atoms with E-state index in [-0.39, 0.29) is 18.8 Å². The van der Waals surface area contributed by atoms with Gasteiger partial charge in [0.1, 0.15) is 0 Å². The minimum atomic E-state index is -0.516. The number of amides is 2. The van der Waals surface area contributed by atoms with Gasteiger partial charge in [-0.15, -0.1) is 5.06 Å². The van der Waals surface area contributed by atoms with Crippen molar-refractivity contribution in [3.8, 4) is 0 Å². The fourth-order valence-corrected chi connectivity index (χ4v) is 1.64. The zero-order valence-electron chi connectivity index (χ0n) is 9.86. The van der Waals surface area contributed by atoms with E-state index in [2.05, 4.69) is 0 Å². The molecule has 5 nitrogen and oxygen atoms in total. The van der Waals surface area contributed by atoms with Crippen LogP contribution in [0.15, 0.2) is 0 Å². The van der Waals surface area contributed by atoms with Gasteiger partial charge in [0.15, 0.2) is 0 Å². The van der Waals surface area contributed by atoms with Gasteiger partial charge in [-0.05, 0) is 12.3 Å². The molecule has 0 aromatic rings. The van der Waals surface area contributed by atoms with Crippen molar-refractivity contribution < 1.29 is 19.2 Å². The van der Waals surface area contributed by atoms with Crippen LogP contribution in [-0.4, -0.2) is 22.8 Å². The van der Waals surface area contributed by atoms with Crippen molar-refractivity contribution in [3.05, 3.63) is 0 Å². The summed E-state index contributed by atoms with van der Waals surface area (Å²) >= 11 is 0. The van der Waals surface area contributed by atoms with Gasteiger partial charge in [-0.2, -0.15) is 0 Å². The summed E-state index contributed by atoms with van der Waals surface area (Å²) in [6.45, 7) is 5.72. The number of imide groups is 1. The lowest BCUT2D eigenvalue weighted by atomic mass is 9.99. The fraction of sp³-hybridized carbons (Fsp3) is 0.727. The standard InChI is InChI=1S/C11H17NO4/c1-7(2)6-8(3)11(15)16-12-9(13)4-5-10(12)14/h7-8H,4-6H2,1-3H3/t8-/m0/s1. The number of carbonyl (C=O) groups is 3. The first-order valence-corrected chi connectivity index (χ1v) is 5.49. The number of carbonyl (C=O) groups excluding carboxylic acids is 3. The normalized spacial score (nSPS) is 18.1. The van der Waals surface area contributed by atoms with Crippen LogP contribution in [0.2, 0.25) is 0 Å². The molecule has 16 heavy (non-hydrogen) atoms. The molecule has 1 atom stereocenters. The molecule has 0 N–H and O–H groups in total. The number of hydroxylamine groups is 2. The van der Waals surface area contributed by atoms with Gasteiger partial charge >= 0.3 is 5.97 Å². The first-order chi connectivity index (χ1) is 7.41. The molecule has 0 aromatic heterocycles. The molecule has 0 saturated carbocycles. The van der Waals surface area contributed by atoms with E-state index in [1.165, 1.54) is 0 Å². The Morgan fingerprint density at radius 1 is 1.25 bits per heavy atom. The third kappa shape index (κ3) is 3.05. The SMILES string of the molecule is CC(C)C[C@H](C)C(=O)ON1C(=O)CCC1=O. The van der Waals surface area contributed by atoms with Gasteiger partial charge in [0.2, 0.25) is 0 Å². The Morgan fingerprint density at radius 2 is 1.75 bits per heavy atom. The summed E-state index contributed by atoms with van der Waals surface area (Å²) in [4.78, 5) is 38.7. The lowest BCUT2D eigenvalue weighted by Crippen LogP contribution is -2.34. The van der Waals surface area contributed by atoms with Crippen LogP contribution in [0.25, 0.3) is 0 Å². The highest BCUT2D eigenvalue weighted by molar-refractivity contribution is 6.01. The highest BCUT2D eigenvalue weighted by atomic mass is 16.7. The minimum absolute atomic E-state index is 0.130. The lowest BCUT2D eigenvalue weighted by molar-refractivity contribution is -0.200. The van der Waals surface area contributed by atoms with Gasteiger partial charge in [-0.25, -0.2) is 4.79 Å². The van der Waals surface area contributed by atoms with Crippen molar-refractivity contribution in [1.29, 1.82) is 0 Å². The van der Waals surface area contributed by atoms with Gasteiger partial charge in [0.25, 0.3) is 11.8 Å². The van der Waals surface area contributed by atoms with Gasteiger partial charge in [-0.3, -0.25) is 9.59 Å². The summed E-state index contributed by atoms with van der Waals surface area (Å²) in [6, 6.07) is 0. The predicted molar refractivity (Wildman–Crippen MR) is 55.8 cm³/mol. The maximum atomic E-state index is 11.6. The molecule has 5 heteroatoms. The molecule has 0 unspecified atom stereocenters.